The lowest BCUT2D eigenvalue weighted by Gasteiger charge is -2.33. The molecule has 3 aromatic rings. The minimum atomic E-state index is -0.137. The predicted molar refractivity (Wildman–Crippen MR) is 119 cm³/mol. The number of nitrogens with zero attached hydrogens (tertiary/aromatic N) is 2. The van der Waals surface area contributed by atoms with E-state index in [0.717, 1.165) is 17.4 Å². The van der Waals surface area contributed by atoms with Crippen LogP contribution >= 0.6 is 0 Å². The first-order chi connectivity index (χ1) is 14.5. The van der Waals surface area contributed by atoms with Gasteiger partial charge in [-0.2, -0.15) is 0 Å². The first kappa shape index (κ1) is 20.4. The van der Waals surface area contributed by atoms with Gasteiger partial charge < -0.3 is 14.2 Å². The van der Waals surface area contributed by atoms with Crippen LogP contribution in [0.4, 0.5) is 0 Å². The predicted octanol–water partition coefficient (Wildman–Crippen LogP) is 4.26. The normalized spacial score (nSPS) is 16.9. The Bertz CT molecular complexity index is 1090. The highest BCUT2D eigenvalue weighted by atomic mass is 16.5. The number of ether oxygens (including phenoxy) is 1. The molecule has 0 aliphatic carbocycles. The zero-order valence-corrected chi connectivity index (χ0v) is 17.6. The minimum absolute atomic E-state index is 0.0352. The van der Waals surface area contributed by atoms with Gasteiger partial charge in [-0.05, 0) is 24.0 Å². The van der Waals surface area contributed by atoms with E-state index in [1.54, 1.807) is 10.8 Å². The van der Waals surface area contributed by atoms with Gasteiger partial charge in [-0.15, -0.1) is 0 Å². The zero-order valence-electron chi connectivity index (χ0n) is 17.6. The highest BCUT2D eigenvalue weighted by molar-refractivity contribution is 6.06. The summed E-state index contributed by atoms with van der Waals surface area (Å²) in [7, 11) is 0. The van der Waals surface area contributed by atoms with Crippen LogP contribution in [0, 0.1) is 5.92 Å². The molecule has 0 N–H and O–H groups in total. The largest absolute Gasteiger partial charge is 0.370 e. The van der Waals surface area contributed by atoms with E-state index < -0.39 is 0 Å². The van der Waals surface area contributed by atoms with Crippen LogP contribution < -0.4 is 5.56 Å². The Labute approximate surface area is 176 Å². The van der Waals surface area contributed by atoms with E-state index in [4.69, 9.17) is 4.74 Å². The Balaban J connectivity index is 1.68. The van der Waals surface area contributed by atoms with Crippen molar-refractivity contribution in [1.29, 1.82) is 0 Å². The van der Waals surface area contributed by atoms with Crippen LogP contribution in [0.15, 0.2) is 65.6 Å². The topological polar surface area (TPSA) is 51.5 Å². The summed E-state index contributed by atoms with van der Waals surface area (Å²) in [6.45, 7) is 6.42. The van der Waals surface area contributed by atoms with E-state index in [2.05, 4.69) is 13.8 Å². The van der Waals surface area contributed by atoms with Crippen molar-refractivity contribution < 1.29 is 9.53 Å². The SMILES string of the molecule is CC(C)CCn1cc(C(=O)N2CCO[C@@H](c3ccccc3)C2)c2ccccc2c1=O. The van der Waals surface area contributed by atoms with Gasteiger partial charge >= 0.3 is 0 Å². The third-order valence-corrected chi connectivity index (χ3v) is 5.70. The number of benzene rings is 2. The van der Waals surface area contributed by atoms with Gasteiger partial charge in [0.2, 0.25) is 0 Å². The van der Waals surface area contributed by atoms with Crippen LogP contribution in [-0.4, -0.2) is 35.1 Å². The van der Waals surface area contributed by atoms with Crippen molar-refractivity contribution in [2.45, 2.75) is 32.9 Å². The van der Waals surface area contributed by atoms with Gasteiger partial charge in [0, 0.05) is 30.1 Å². The zero-order chi connectivity index (χ0) is 21.1. The second-order valence-corrected chi connectivity index (χ2v) is 8.29. The molecule has 5 nitrogen and oxygen atoms in total. The Morgan fingerprint density at radius 2 is 1.77 bits per heavy atom. The molecule has 1 atom stereocenters. The van der Waals surface area contributed by atoms with Crippen molar-refractivity contribution in [3.63, 3.8) is 0 Å². The molecule has 1 amide bonds. The number of hydrogen-bond donors (Lipinski definition) is 0. The lowest BCUT2D eigenvalue weighted by Crippen LogP contribution is -2.42. The maximum atomic E-state index is 13.5. The monoisotopic (exact) mass is 404 g/mol. The van der Waals surface area contributed by atoms with E-state index in [-0.39, 0.29) is 17.6 Å². The molecule has 1 aliphatic heterocycles. The quantitative estimate of drug-likeness (QED) is 0.638. The van der Waals surface area contributed by atoms with Crippen molar-refractivity contribution >= 4 is 16.7 Å². The number of rotatable bonds is 5. The maximum absolute atomic E-state index is 13.5. The molecule has 30 heavy (non-hydrogen) atoms. The Kier molecular flexibility index (Phi) is 6.00. The van der Waals surface area contributed by atoms with Crippen molar-refractivity contribution in [2.24, 2.45) is 5.92 Å². The van der Waals surface area contributed by atoms with Crippen LogP contribution in [0.2, 0.25) is 0 Å². The van der Waals surface area contributed by atoms with Gasteiger partial charge in [-0.1, -0.05) is 62.4 Å². The van der Waals surface area contributed by atoms with Crippen molar-refractivity contribution in [3.05, 3.63) is 82.3 Å². The summed E-state index contributed by atoms with van der Waals surface area (Å²) in [6, 6.07) is 17.4. The molecule has 0 unspecified atom stereocenters. The molecular formula is C25H28N2O3. The van der Waals surface area contributed by atoms with Crippen molar-refractivity contribution in [2.75, 3.05) is 19.7 Å². The number of hydrogen-bond acceptors (Lipinski definition) is 3. The van der Waals surface area contributed by atoms with E-state index in [9.17, 15) is 9.59 Å². The first-order valence-electron chi connectivity index (χ1n) is 10.6. The number of carbonyl (C=O) groups excluding carboxylic acids is 1. The number of amides is 1. The number of morpholine rings is 1. The molecule has 0 spiro atoms. The summed E-state index contributed by atoms with van der Waals surface area (Å²) in [5, 5.41) is 1.32. The summed E-state index contributed by atoms with van der Waals surface area (Å²) in [6.07, 6.45) is 2.50. The van der Waals surface area contributed by atoms with Crippen LogP contribution in [0.25, 0.3) is 10.8 Å². The van der Waals surface area contributed by atoms with Gasteiger partial charge in [-0.3, -0.25) is 9.59 Å². The standard InChI is InChI=1S/C25H28N2O3/c1-18(2)12-13-26-16-22(20-10-6-7-11-21(20)24(26)28)25(29)27-14-15-30-23(17-27)19-8-4-3-5-9-19/h3-11,16,18,23H,12-15,17H2,1-2H3/t23-/m1/s1. The van der Waals surface area contributed by atoms with Crippen LogP contribution in [0.1, 0.15) is 42.3 Å². The van der Waals surface area contributed by atoms with E-state index in [0.29, 0.717) is 43.1 Å². The third kappa shape index (κ3) is 4.17. The molecule has 2 aromatic carbocycles. The molecule has 1 aromatic heterocycles. The lowest BCUT2D eigenvalue weighted by atomic mass is 10.0. The summed E-state index contributed by atoms with van der Waals surface area (Å²) in [4.78, 5) is 28.3. The molecule has 0 bridgehead atoms. The number of aryl methyl sites for hydroxylation is 1. The van der Waals surface area contributed by atoms with Gasteiger partial charge in [0.1, 0.15) is 6.10 Å². The molecule has 0 saturated carbocycles. The lowest BCUT2D eigenvalue weighted by molar-refractivity contribution is -0.0227. The van der Waals surface area contributed by atoms with Crippen molar-refractivity contribution in [1.82, 2.24) is 9.47 Å². The molecule has 4 rings (SSSR count). The van der Waals surface area contributed by atoms with Gasteiger partial charge in [0.15, 0.2) is 0 Å². The van der Waals surface area contributed by atoms with E-state index in [1.165, 1.54) is 0 Å². The summed E-state index contributed by atoms with van der Waals surface area (Å²) >= 11 is 0. The second-order valence-electron chi connectivity index (χ2n) is 8.29. The van der Waals surface area contributed by atoms with Crippen LogP contribution in [-0.2, 0) is 11.3 Å². The molecule has 5 heteroatoms. The molecule has 2 heterocycles. The van der Waals surface area contributed by atoms with Gasteiger partial charge in [0.25, 0.3) is 11.5 Å². The van der Waals surface area contributed by atoms with Gasteiger partial charge in [-0.25, -0.2) is 0 Å². The first-order valence-corrected chi connectivity index (χ1v) is 10.6. The summed E-state index contributed by atoms with van der Waals surface area (Å²) in [5.41, 5.74) is 1.62. The van der Waals surface area contributed by atoms with Crippen molar-refractivity contribution in [3.8, 4) is 0 Å². The molecule has 156 valence electrons. The third-order valence-electron chi connectivity index (χ3n) is 5.70. The Morgan fingerprint density at radius 3 is 2.50 bits per heavy atom. The molecule has 1 fully saturated rings. The minimum Gasteiger partial charge on any atom is -0.370 e. The van der Waals surface area contributed by atoms with E-state index >= 15 is 0 Å². The average Bonchev–Trinajstić information content (AvgIpc) is 2.79. The molecular weight excluding hydrogens is 376 g/mol. The summed E-state index contributed by atoms with van der Waals surface area (Å²) in [5.74, 6) is 0.433. The summed E-state index contributed by atoms with van der Waals surface area (Å²) < 4.78 is 7.63. The highest BCUT2D eigenvalue weighted by Gasteiger charge is 2.27. The fraction of sp³-hybridized carbons (Fsp3) is 0.360. The smallest absolute Gasteiger partial charge is 0.258 e. The number of fused-ring (bicyclic) bond motifs is 1. The Hall–Kier alpha value is -2.92. The van der Waals surface area contributed by atoms with Crippen LogP contribution in [0.5, 0.6) is 0 Å². The van der Waals surface area contributed by atoms with Gasteiger partial charge in [0.05, 0.1) is 18.7 Å². The maximum Gasteiger partial charge on any atom is 0.258 e. The number of pyridine rings is 1. The van der Waals surface area contributed by atoms with E-state index in [1.807, 2.05) is 59.5 Å². The fourth-order valence-electron chi connectivity index (χ4n) is 3.95. The number of carbonyl (C=O) groups is 1. The second kappa shape index (κ2) is 8.84. The molecule has 0 radical (unpaired) electrons. The highest BCUT2D eigenvalue weighted by Crippen LogP contribution is 2.25. The molecule has 1 aliphatic rings. The Morgan fingerprint density at radius 1 is 1.07 bits per heavy atom. The fourth-order valence-corrected chi connectivity index (χ4v) is 3.95. The average molecular weight is 405 g/mol. The molecule has 1 saturated heterocycles. The van der Waals surface area contributed by atoms with Crippen LogP contribution in [0.3, 0.4) is 0 Å². The number of aromatic nitrogens is 1.